The van der Waals surface area contributed by atoms with Gasteiger partial charge in [-0.25, -0.2) is 4.98 Å². The molecule has 0 unspecified atom stereocenters. The summed E-state index contributed by atoms with van der Waals surface area (Å²) in [5.41, 5.74) is 4.47. The minimum atomic E-state index is 0.699. The van der Waals surface area contributed by atoms with Gasteiger partial charge in [0.15, 0.2) is 0 Å². The van der Waals surface area contributed by atoms with Crippen molar-refractivity contribution >= 4 is 28.8 Å². The lowest BCUT2D eigenvalue weighted by atomic mass is 10.0. The molecule has 0 radical (unpaired) electrons. The van der Waals surface area contributed by atoms with Crippen LogP contribution >= 0.6 is 0 Å². The Morgan fingerprint density at radius 3 is 2.83 bits per heavy atom. The number of benzene rings is 2. The highest BCUT2D eigenvalue weighted by Gasteiger charge is 2.08. The summed E-state index contributed by atoms with van der Waals surface area (Å²) < 4.78 is 2.08. The van der Waals surface area contributed by atoms with E-state index in [1.165, 1.54) is 16.3 Å². The van der Waals surface area contributed by atoms with Gasteiger partial charge >= 0.3 is 0 Å². The molecule has 4 aromatic rings. The maximum atomic E-state index is 4.52. The Hall–Kier alpha value is -3.80. The van der Waals surface area contributed by atoms with Crippen LogP contribution in [0.5, 0.6) is 0 Å². The standard InChI is InChI=1S/C23H22N6/c1-3-17(22-14-26-28-27-22)13-21(24-2)23-15-29(16-25-23)12-11-19-9-6-8-18-7-4-5-10-20(18)19/h3-10,13-16H,2,11-12H2,1H3,(H,26,27,28)/b17-3+,21-13-. The van der Waals surface area contributed by atoms with Crippen LogP contribution in [0.4, 0.5) is 0 Å². The summed E-state index contributed by atoms with van der Waals surface area (Å²) in [7, 11) is 0. The highest BCUT2D eigenvalue weighted by Crippen LogP contribution is 2.22. The first kappa shape index (κ1) is 18.6. The number of rotatable bonds is 7. The highest BCUT2D eigenvalue weighted by atomic mass is 15.3. The van der Waals surface area contributed by atoms with Gasteiger partial charge in [0, 0.05) is 18.3 Å². The Bertz CT molecular complexity index is 1180. The molecule has 6 heteroatoms. The number of hydrogen-bond donors (Lipinski definition) is 1. The van der Waals surface area contributed by atoms with E-state index in [1.54, 1.807) is 6.20 Å². The Kier molecular flexibility index (Phi) is 5.42. The first-order valence-corrected chi connectivity index (χ1v) is 9.48. The molecule has 0 amide bonds. The Labute approximate surface area is 169 Å². The van der Waals surface area contributed by atoms with E-state index in [-0.39, 0.29) is 0 Å². The van der Waals surface area contributed by atoms with E-state index in [0.717, 1.165) is 29.9 Å². The van der Waals surface area contributed by atoms with Crippen LogP contribution in [-0.4, -0.2) is 31.7 Å². The monoisotopic (exact) mass is 382 g/mol. The van der Waals surface area contributed by atoms with Crippen LogP contribution in [0.15, 0.2) is 78.3 Å². The number of H-pyrrole nitrogens is 1. The van der Waals surface area contributed by atoms with E-state index >= 15 is 0 Å². The van der Waals surface area contributed by atoms with E-state index in [0.29, 0.717) is 5.70 Å². The zero-order chi connectivity index (χ0) is 20.1. The fourth-order valence-electron chi connectivity index (χ4n) is 3.37. The molecule has 0 aliphatic rings. The van der Waals surface area contributed by atoms with Gasteiger partial charge in [0.2, 0.25) is 0 Å². The molecule has 0 atom stereocenters. The summed E-state index contributed by atoms with van der Waals surface area (Å²) in [6.07, 6.45) is 10.3. The molecule has 0 aliphatic carbocycles. The van der Waals surface area contributed by atoms with Gasteiger partial charge in [-0.3, -0.25) is 4.99 Å². The van der Waals surface area contributed by atoms with E-state index in [9.17, 15) is 0 Å². The minimum absolute atomic E-state index is 0.699. The number of aryl methyl sites for hydroxylation is 2. The summed E-state index contributed by atoms with van der Waals surface area (Å²) in [5.74, 6) is 0. The summed E-state index contributed by atoms with van der Waals surface area (Å²) in [6.45, 7) is 6.49. The SMILES string of the molecule is C=N/C(=C\C(=C/C)c1cn[nH]n1)c1cn(CCc2cccc3ccccc23)cn1. The fraction of sp³-hybridized carbons (Fsp3) is 0.130. The third-order valence-electron chi connectivity index (χ3n) is 4.90. The van der Waals surface area contributed by atoms with Gasteiger partial charge in [-0.2, -0.15) is 15.4 Å². The van der Waals surface area contributed by atoms with Crippen LogP contribution in [0, 0.1) is 0 Å². The topological polar surface area (TPSA) is 71.8 Å². The van der Waals surface area contributed by atoms with E-state index in [2.05, 4.69) is 79.1 Å². The molecule has 1 N–H and O–H groups in total. The Balaban J connectivity index is 1.53. The zero-order valence-corrected chi connectivity index (χ0v) is 16.3. The van der Waals surface area contributed by atoms with Crippen LogP contribution in [0.25, 0.3) is 22.0 Å². The third-order valence-corrected chi connectivity index (χ3v) is 4.90. The van der Waals surface area contributed by atoms with Crippen molar-refractivity contribution in [2.45, 2.75) is 19.9 Å². The van der Waals surface area contributed by atoms with Crippen molar-refractivity contribution in [3.05, 3.63) is 90.3 Å². The number of hydrogen-bond acceptors (Lipinski definition) is 4. The number of nitrogens with zero attached hydrogens (tertiary/aromatic N) is 5. The first-order valence-electron chi connectivity index (χ1n) is 9.48. The third kappa shape index (κ3) is 4.06. The lowest BCUT2D eigenvalue weighted by Gasteiger charge is -2.07. The van der Waals surface area contributed by atoms with Gasteiger partial charge in [-0.05, 0) is 42.5 Å². The number of nitrogens with one attached hydrogen (secondary N) is 1. The molecule has 2 aromatic carbocycles. The average molecular weight is 382 g/mol. The van der Waals surface area contributed by atoms with Crippen molar-refractivity contribution in [1.29, 1.82) is 0 Å². The van der Waals surface area contributed by atoms with Crippen molar-refractivity contribution in [2.24, 2.45) is 4.99 Å². The lowest BCUT2D eigenvalue weighted by molar-refractivity contribution is 0.698. The molecule has 2 aromatic heterocycles. The maximum absolute atomic E-state index is 4.52. The van der Waals surface area contributed by atoms with Gasteiger partial charge < -0.3 is 4.57 Å². The summed E-state index contributed by atoms with van der Waals surface area (Å²) in [4.78, 5) is 8.69. The number of aromatic nitrogens is 5. The molecule has 6 nitrogen and oxygen atoms in total. The molecule has 0 saturated heterocycles. The maximum Gasteiger partial charge on any atom is 0.112 e. The molecule has 0 spiro atoms. The predicted molar refractivity (Wildman–Crippen MR) is 117 cm³/mol. The fourth-order valence-corrected chi connectivity index (χ4v) is 3.37. The van der Waals surface area contributed by atoms with Gasteiger partial charge in [0.25, 0.3) is 0 Å². The second-order valence-corrected chi connectivity index (χ2v) is 6.67. The zero-order valence-electron chi connectivity index (χ0n) is 16.3. The number of allylic oxidation sites excluding steroid dienone is 3. The second-order valence-electron chi connectivity index (χ2n) is 6.67. The van der Waals surface area contributed by atoms with Crippen molar-refractivity contribution < 1.29 is 0 Å². The summed E-state index contributed by atoms with van der Waals surface area (Å²) in [5, 5.41) is 13.2. The molecule has 0 saturated carbocycles. The Morgan fingerprint density at radius 1 is 1.17 bits per heavy atom. The molecule has 144 valence electrons. The quantitative estimate of drug-likeness (QED) is 0.377. The van der Waals surface area contributed by atoms with Gasteiger partial charge in [-0.15, -0.1) is 0 Å². The normalized spacial score (nSPS) is 12.4. The van der Waals surface area contributed by atoms with Crippen molar-refractivity contribution in [2.75, 3.05) is 0 Å². The van der Waals surface area contributed by atoms with Crippen LogP contribution < -0.4 is 0 Å². The van der Waals surface area contributed by atoms with Gasteiger partial charge in [0.1, 0.15) is 11.4 Å². The molecular formula is C23H22N6. The van der Waals surface area contributed by atoms with Crippen LogP contribution in [0.1, 0.15) is 23.9 Å². The van der Waals surface area contributed by atoms with Crippen LogP contribution in [0.2, 0.25) is 0 Å². The minimum Gasteiger partial charge on any atom is -0.336 e. The van der Waals surface area contributed by atoms with Gasteiger partial charge in [0.05, 0.1) is 18.2 Å². The number of fused-ring (bicyclic) bond motifs is 1. The van der Waals surface area contributed by atoms with Gasteiger partial charge in [-0.1, -0.05) is 48.5 Å². The Morgan fingerprint density at radius 2 is 2.03 bits per heavy atom. The molecule has 4 rings (SSSR count). The summed E-state index contributed by atoms with van der Waals surface area (Å²) >= 11 is 0. The molecule has 0 fully saturated rings. The highest BCUT2D eigenvalue weighted by molar-refractivity contribution is 5.85. The van der Waals surface area contributed by atoms with Crippen molar-refractivity contribution in [3.63, 3.8) is 0 Å². The first-order chi connectivity index (χ1) is 14.3. The molecule has 29 heavy (non-hydrogen) atoms. The number of imidazole rings is 1. The molecule has 0 aliphatic heterocycles. The van der Waals surface area contributed by atoms with E-state index in [4.69, 9.17) is 0 Å². The second kappa shape index (κ2) is 8.48. The predicted octanol–water partition coefficient (Wildman–Crippen LogP) is 4.54. The van der Waals surface area contributed by atoms with Crippen molar-refractivity contribution in [1.82, 2.24) is 25.0 Å². The number of aliphatic imine (C=N–C) groups is 1. The number of aromatic amines is 1. The van der Waals surface area contributed by atoms with E-state index < -0.39 is 0 Å². The van der Waals surface area contributed by atoms with E-state index in [1.807, 2.05) is 31.6 Å². The van der Waals surface area contributed by atoms with Crippen molar-refractivity contribution in [3.8, 4) is 0 Å². The lowest BCUT2D eigenvalue weighted by Crippen LogP contribution is -1.99. The summed E-state index contributed by atoms with van der Waals surface area (Å²) in [6, 6.07) is 14.9. The molecular weight excluding hydrogens is 360 g/mol. The molecule has 2 heterocycles. The van der Waals surface area contributed by atoms with Crippen LogP contribution in [0.3, 0.4) is 0 Å². The van der Waals surface area contributed by atoms with Crippen LogP contribution in [-0.2, 0) is 13.0 Å². The molecule has 0 bridgehead atoms. The largest absolute Gasteiger partial charge is 0.336 e. The average Bonchev–Trinajstić information content (AvgIpc) is 3.46. The smallest absolute Gasteiger partial charge is 0.112 e.